The van der Waals surface area contributed by atoms with Gasteiger partial charge in [-0.1, -0.05) is 18.2 Å². The lowest BCUT2D eigenvalue weighted by Gasteiger charge is -2.34. The Bertz CT molecular complexity index is 993. The molecule has 0 aliphatic carbocycles. The van der Waals surface area contributed by atoms with E-state index in [1.165, 1.54) is 0 Å². The Morgan fingerprint density at radius 2 is 1.79 bits per heavy atom. The van der Waals surface area contributed by atoms with Crippen LogP contribution in [-0.4, -0.2) is 65.2 Å². The van der Waals surface area contributed by atoms with Crippen molar-refractivity contribution in [1.29, 1.82) is 0 Å². The van der Waals surface area contributed by atoms with E-state index in [1.54, 1.807) is 13.2 Å². The number of carbonyl (C=O) groups excluding carboxylic acids is 1. The molecular weight excluding hydrogens is 368 g/mol. The number of rotatable bonds is 6. The Kier molecular flexibility index (Phi) is 5.67. The number of hydrogen-bond donors (Lipinski definition) is 0. The highest BCUT2D eigenvalue weighted by molar-refractivity contribution is 5.78. The molecular formula is C22H26N4O3. The van der Waals surface area contributed by atoms with Crippen LogP contribution in [0.25, 0.3) is 11.0 Å². The summed E-state index contributed by atoms with van der Waals surface area (Å²) in [5.41, 5.74) is 2.17. The van der Waals surface area contributed by atoms with Crippen LogP contribution in [0.2, 0.25) is 0 Å². The molecule has 0 atom stereocenters. The highest BCUT2D eigenvalue weighted by atomic mass is 16.5. The van der Waals surface area contributed by atoms with E-state index in [9.17, 15) is 4.79 Å². The standard InChI is InChI=1S/C22H26N4O3/c1-24-20-9-4-3-8-19(20)23-21(24)15-25-10-12-26(13-11-25)22(27)16-29-18-7-5-6-17(14-18)28-2/h3-9,14H,10-13,15-16H2,1-2H3. The molecule has 1 aromatic heterocycles. The van der Waals surface area contributed by atoms with Crippen molar-refractivity contribution in [2.24, 2.45) is 7.05 Å². The summed E-state index contributed by atoms with van der Waals surface area (Å²) in [5, 5.41) is 0. The number of piperazine rings is 1. The first-order valence-corrected chi connectivity index (χ1v) is 9.81. The van der Waals surface area contributed by atoms with Crippen molar-refractivity contribution >= 4 is 16.9 Å². The topological polar surface area (TPSA) is 59.8 Å². The van der Waals surface area contributed by atoms with Gasteiger partial charge >= 0.3 is 0 Å². The summed E-state index contributed by atoms with van der Waals surface area (Å²) in [6, 6.07) is 15.5. The van der Waals surface area contributed by atoms with E-state index in [2.05, 4.69) is 22.6 Å². The summed E-state index contributed by atoms with van der Waals surface area (Å²) in [6.07, 6.45) is 0. The van der Waals surface area contributed by atoms with Gasteiger partial charge in [0.2, 0.25) is 0 Å². The quantitative estimate of drug-likeness (QED) is 0.642. The van der Waals surface area contributed by atoms with Crippen molar-refractivity contribution in [2.45, 2.75) is 6.54 Å². The zero-order chi connectivity index (χ0) is 20.2. The van der Waals surface area contributed by atoms with Crippen molar-refractivity contribution < 1.29 is 14.3 Å². The van der Waals surface area contributed by atoms with Crippen LogP contribution in [0.4, 0.5) is 0 Å². The van der Waals surface area contributed by atoms with Gasteiger partial charge in [-0.15, -0.1) is 0 Å². The molecule has 2 aromatic carbocycles. The molecule has 1 aliphatic heterocycles. The summed E-state index contributed by atoms with van der Waals surface area (Å²) in [4.78, 5) is 21.5. The summed E-state index contributed by atoms with van der Waals surface area (Å²) < 4.78 is 13.0. The van der Waals surface area contributed by atoms with Crippen LogP contribution in [0.5, 0.6) is 11.5 Å². The van der Waals surface area contributed by atoms with Gasteiger partial charge < -0.3 is 18.9 Å². The number of fused-ring (bicyclic) bond motifs is 1. The molecule has 7 nitrogen and oxygen atoms in total. The number of para-hydroxylation sites is 2. The molecule has 0 bridgehead atoms. The highest BCUT2D eigenvalue weighted by Gasteiger charge is 2.22. The zero-order valence-electron chi connectivity index (χ0n) is 16.9. The SMILES string of the molecule is COc1cccc(OCC(=O)N2CCN(Cc3nc4ccccc4n3C)CC2)c1. The number of methoxy groups -OCH3 is 1. The Labute approximate surface area is 170 Å². The van der Waals surface area contributed by atoms with Crippen LogP contribution in [0.3, 0.4) is 0 Å². The minimum Gasteiger partial charge on any atom is -0.497 e. The van der Waals surface area contributed by atoms with Gasteiger partial charge in [-0.25, -0.2) is 4.98 Å². The molecule has 29 heavy (non-hydrogen) atoms. The lowest BCUT2D eigenvalue weighted by atomic mass is 10.3. The van der Waals surface area contributed by atoms with Gasteiger partial charge in [0, 0.05) is 39.3 Å². The van der Waals surface area contributed by atoms with Gasteiger partial charge in [0.25, 0.3) is 5.91 Å². The number of carbonyl (C=O) groups is 1. The summed E-state index contributed by atoms with van der Waals surface area (Å²) >= 11 is 0. The van der Waals surface area contributed by atoms with Crippen LogP contribution >= 0.6 is 0 Å². The number of nitrogens with zero attached hydrogens (tertiary/aromatic N) is 4. The van der Waals surface area contributed by atoms with E-state index in [-0.39, 0.29) is 12.5 Å². The van der Waals surface area contributed by atoms with Crippen LogP contribution < -0.4 is 9.47 Å². The Hall–Kier alpha value is -3.06. The molecule has 0 saturated carbocycles. The number of imidazole rings is 1. The highest BCUT2D eigenvalue weighted by Crippen LogP contribution is 2.19. The third-order valence-corrected chi connectivity index (χ3v) is 5.37. The van der Waals surface area contributed by atoms with Crippen molar-refractivity contribution in [1.82, 2.24) is 19.4 Å². The molecule has 4 rings (SSSR count). The Balaban J connectivity index is 1.28. The van der Waals surface area contributed by atoms with E-state index < -0.39 is 0 Å². The average molecular weight is 394 g/mol. The number of aromatic nitrogens is 2. The molecule has 7 heteroatoms. The van der Waals surface area contributed by atoms with Gasteiger partial charge in [-0.2, -0.15) is 0 Å². The third-order valence-electron chi connectivity index (χ3n) is 5.37. The third kappa shape index (κ3) is 4.35. The van der Waals surface area contributed by atoms with E-state index in [1.807, 2.05) is 41.3 Å². The fraction of sp³-hybridized carbons (Fsp3) is 0.364. The van der Waals surface area contributed by atoms with Crippen molar-refractivity contribution in [3.63, 3.8) is 0 Å². The number of benzene rings is 2. The molecule has 0 unspecified atom stereocenters. The molecule has 152 valence electrons. The van der Waals surface area contributed by atoms with E-state index in [0.29, 0.717) is 24.6 Å². The Morgan fingerprint density at radius 3 is 2.55 bits per heavy atom. The molecule has 0 radical (unpaired) electrons. The van der Waals surface area contributed by atoms with Gasteiger partial charge in [-0.3, -0.25) is 9.69 Å². The van der Waals surface area contributed by atoms with E-state index >= 15 is 0 Å². The fourth-order valence-electron chi connectivity index (χ4n) is 3.62. The predicted octanol–water partition coefficient (Wildman–Crippen LogP) is 2.31. The van der Waals surface area contributed by atoms with Gasteiger partial charge in [0.1, 0.15) is 17.3 Å². The van der Waals surface area contributed by atoms with E-state index in [4.69, 9.17) is 14.5 Å². The average Bonchev–Trinajstić information content (AvgIpc) is 3.08. The van der Waals surface area contributed by atoms with Crippen LogP contribution in [0, 0.1) is 0 Å². The molecule has 1 amide bonds. The second kappa shape index (κ2) is 8.53. The summed E-state index contributed by atoms with van der Waals surface area (Å²) in [6.45, 7) is 3.88. The number of hydrogen-bond acceptors (Lipinski definition) is 5. The lowest BCUT2D eigenvalue weighted by molar-refractivity contribution is -0.135. The normalized spacial score (nSPS) is 14.9. The minimum absolute atomic E-state index is 0.00944. The number of amides is 1. The molecule has 1 fully saturated rings. The van der Waals surface area contributed by atoms with Crippen LogP contribution in [0.15, 0.2) is 48.5 Å². The predicted molar refractivity (Wildman–Crippen MR) is 111 cm³/mol. The smallest absolute Gasteiger partial charge is 0.260 e. The lowest BCUT2D eigenvalue weighted by Crippen LogP contribution is -2.49. The minimum atomic E-state index is 0.00944. The van der Waals surface area contributed by atoms with Gasteiger partial charge in [0.15, 0.2) is 6.61 Å². The summed E-state index contributed by atoms with van der Waals surface area (Å²) in [7, 11) is 3.66. The van der Waals surface area contributed by atoms with Crippen molar-refractivity contribution in [3.05, 3.63) is 54.4 Å². The summed E-state index contributed by atoms with van der Waals surface area (Å²) in [5.74, 6) is 2.41. The second-order valence-corrected chi connectivity index (χ2v) is 7.20. The Morgan fingerprint density at radius 1 is 1.03 bits per heavy atom. The van der Waals surface area contributed by atoms with Gasteiger partial charge in [0.05, 0.1) is 24.7 Å². The molecule has 0 spiro atoms. The first-order chi connectivity index (χ1) is 14.1. The van der Waals surface area contributed by atoms with Crippen LogP contribution in [0.1, 0.15) is 5.82 Å². The monoisotopic (exact) mass is 394 g/mol. The molecule has 2 heterocycles. The molecule has 3 aromatic rings. The van der Waals surface area contributed by atoms with E-state index in [0.717, 1.165) is 36.5 Å². The fourth-order valence-corrected chi connectivity index (χ4v) is 3.62. The molecule has 1 aliphatic rings. The maximum Gasteiger partial charge on any atom is 0.260 e. The number of aryl methyl sites for hydroxylation is 1. The second-order valence-electron chi connectivity index (χ2n) is 7.20. The maximum absolute atomic E-state index is 12.5. The number of ether oxygens (including phenoxy) is 2. The first kappa shape index (κ1) is 19.3. The molecule has 1 saturated heterocycles. The van der Waals surface area contributed by atoms with Crippen molar-refractivity contribution in [2.75, 3.05) is 39.9 Å². The van der Waals surface area contributed by atoms with Gasteiger partial charge in [-0.05, 0) is 24.3 Å². The zero-order valence-corrected chi connectivity index (χ0v) is 16.9. The first-order valence-electron chi connectivity index (χ1n) is 9.81. The van der Waals surface area contributed by atoms with Crippen molar-refractivity contribution in [3.8, 4) is 11.5 Å². The molecule has 0 N–H and O–H groups in total. The van der Waals surface area contributed by atoms with Crippen LogP contribution in [-0.2, 0) is 18.4 Å². The largest absolute Gasteiger partial charge is 0.497 e. The maximum atomic E-state index is 12.5.